The Balaban J connectivity index is 2.82. The number of unbranched alkanes of at least 4 members (excludes halogenated alkanes) is 1. The highest BCUT2D eigenvalue weighted by molar-refractivity contribution is 5.45. The zero-order chi connectivity index (χ0) is 13.2. The Labute approximate surface area is 111 Å². The molecule has 1 aromatic carbocycles. The van der Waals surface area contributed by atoms with Crippen LogP contribution in [0.25, 0.3) is 0 Å². The van der Waals surface area contributed by atoms with Crippen LogP contribution in [-0.2, 0) is 6.42 Å². The second-order valence-electron chi connectivity index (χ2n) is 4.28. The van der Waals surface area contributed by atoms with Gasteiger partial charge in [0.2, 0.25) is 0 Å². The molecule has 0 spiro atoms. The van der Waals surface area contributed by atoms with Gasteiger partial charge in [0.15, 0.2) is 0 Å². The van der Waals surface area contributed by atoms with Gasteiger partial charge in [0, 0.05) is 5.56 Å². The summed E-state index contributed by atoms with van der Waals surface area (Å²) in [5.41, 5.74) is 1.11. The third-order valence-corrected chi connectivity index (χ3v) is 2.66. The Kier molecular flexibility index (Phi) is 7.00. The maximum absolute atomic E-state index is 5.82. The van der Waals surface area contributed by atoms with E-state index in [2.05, 4.69) is 20.4 Å². The summed E-state index contributed by atoms with van der Waals surface area (Å²) >= 11 is 0. The summed E-state index contributed by atoms with van der Waals surface area (Å²) in [6.07, 6.45) is 5.90. The molecule has 0 amide bonds. The van der Waals surface area contributed by atoms with E-state index in [1.807, 2.05) is 24.3 Å². The largest absolute Gasteiger partial charge is 0.493 e. The zero-order valence-electron chi connectivity index (χ0n) is 11.6. The zero-order valence-corrected chi connectivity index (χ0v) is 11.6. The third-order valence-electron chi connectivity index (χ3n) is 2.66. The summed E-state index contributed by atoms with van der Waals surface area (Å²) in [6.45, 7) is 9.57. The van der Waals surface area contributed by atoms with Gasteiger partial charge in [-0.3, -0.25) is 0 Å². The molecule has 0 heterocycles. The van der Waals surface area contributed by atoms with Crippen molar-refractivity contribution in [1.29, 1.82) is 0 Å². The van der Waals surface area contributed by atoms with Crippen LogP contribution in [0.15, 0.2) is 30.9 Å². The van der Waals surface area contributed by atoms with Gasteiger partial charge in [0.25, 0.3) is 0 Å². The lowest BCUT2D eigenvalue weighted by Gasteiger charge is -2.15. The molecule has 2 heteroatoms. The van der Waals surface area contributed by atoms with Crippen molar-refractivity contribution in [3.05, 3.63) is 36.4 Å². The number of hydrogen-bond acceptors (Lipinski definition) is 2. The monoisotopic (exact) mass is 248 g/mol. The van der Waals surface area contributed by atoms with Crippen LogP contribution in [0.1, 0.15) is 38.7 Å². The quantitative estimate of drug-likeness (QED) is 0.477. The summed E-state index contributed by atoms with van der Waals surface area (Å²) < 4.78 is 11.6. The van der Waals surface area contributed by atoms with Crippen LogP contribution in [0.5, 0.6) is 11.5 Å². The van der Waals surface area contributed by atoms with Crippen LogP contribution in [0.4, 0.5) is 0 Å². The van der Waals surface area contributed by atoms with E-state index in [-0.39, 0.29) is 0 Å². The topological polar surface area (TPSA) is 18.5 Å². The van der Waals surface area contributed by atoms with Crippen molar-refractivity contribution in [3.8, 4) is 11.5 Å². The van der Waals surface area contributed by atoms with E-state index in [1.54, 1.807) is 0 Å². The lowest BCUT2D eigenvalue weighted by atomic mass is 10.1. The van der Waals surface area contributed by atoms with Gasteiger partial charge in [-0.05, 0) is 31.4 Å². The molecule has 0 aliphatic heterocycles. The minimum absolute atomic E-state index is 0.739. The van der Waals surface area contributed by atoms with E-state index in [1.165, 1.54) is 0 Å². The molecule has 0 N–H and O–H groups in total. The van der Waals surface area contributed by atoms with E-state index < -0.39 is 0 Å². The minimum Gasteiger partial charge on any atom is -0.493 e. The number of ether oxygens (including phenoxy) is 2. The third kappa shape index (κ3) is 4.44. The molecule has 0 bridgehead atoms. The molecule has 1 rings (SSSR count). The molecule has 0 atom stereocenters. The molecule has 0 saturated heterocycles. The van der Waals surface area contributed by atoms with Crippen molar-refractivity contribution in [1.82, 2.24) is 0 Å². The van der Waals surface area contributed by atoms with E-state index >= 15 is 0 Å². The second kappa shape index (κ2) is 8.62. The van der Waals surface area contributed by atoms with E-state index in [0.717, 1.165) is 56.0 Å². The molecule has 0 aromatic heterocycles. The molecule has 0 fully saturated rings. The van der Waals surface area contributed by atoms with Gasteiger partial charge in [0.05, 0.1) is 13.2 Å². The average Bonchev–Trinajstić information content (AvgIpc) is 2.39. The summed E-state index contributed by atoms with van der Waals surface area (Å²) in [5.74, 6) is 1.85. The molecular formula is C16H24O2. The molecular weight excluding hydrogens is 224 g/mol. The summed E-state index contributed by atoms with van der Waals surface area (Å²) in [4.78, 5) is 0. The van der Waals surface area contributed by atoms with Crippen LogP contribution in [0.3, 0.4) is 0 Å². The lowest BCUT2D eigenvalue weighted by molar-refractivity contribution is 0.292. The first-order valence-corrected chi connectivity index (χ1v) is 6.81. The molecule has 100 valence electrons. The number of allylic oxidation sites excluding steroid dienone is 1. The fraction of sp³-hybridized carbons (Fsp3) is 0.500. The van der Waals surface area contributed by atoms with Crippen molar-refractivity contribution >= 4 is 0 Å². The van der Waals surface area contributed by atoms with E-state index in [0.29, 0.717) is 0 Å². The highest BCUT2D eigenvalue weighted by Gasteiger charge is 2.09. The summed E-state index contributed by atoms with van der Waals surface area (Å²) in [5, 5.41) is 0. The van der Waals surface area contributed by atoms with Gasteiger partial charge in [-0.25, -0.2) is 0 Å². The number of benzene rings is 1. The van der Waals surface area contributed by atoms with Gasteiger partial charge < -0.3 is 9.47 Å². The normalized spacial score (nSPS) is 10.1. The van der Waals surface area contributed by atoms with Crippen molar-refractivity contribution in [2.45, 2.75) is 39.5 Å². The van der Waals surface area contributed by atoms with Crippen molar-refractivity contribution < 1.29 is 9.47 Å². The van der Waals surface area contributed by atoms with E-state index in [9.17, 15) is 0 Å². The average molecular weight is 248 g/mol. The Morgan fingerprint density at radius 1 is 1.06 bits per heavy atom. The summed E-state index contributed by atoms with van der Waals surface area (Å²) in [7, 11) is 0. The van der Waals surface area contributed by atoms with Crippen molar-refractivity contribution in [3.63, 3.8) is 0 Å². The standard InChI is InChI=1S/C16H24O2/c1-4-7-13-18-16-11-8-10-15(17-12-6-3)14(16)9-5-2/h5,8,10-11H,2,4,6-7,9,12-13H2,1,3H3. The second-order valence-corrected chi connectivity index (χ2v) is 4.28. The Morgan fingerprint density at radius 3 is 2.28 bits per heavy atom. The Hall–Kier alpha value is -1.44. The van der Waals surface area contributed by atoms with Crippen LogP contribution in [0, 0.1) is 0 Å². The number of rotatable bonds is 9. The van der Waals surface area contributed by atoms with Gasteiger partial charge >= 0.3 is 0 Å². The fourth-order valence-corrected chi connectivity index (χ4v) is 1.70. The van der Waals surface area contributed by atoms with Crippen LogP contribution < -0.4 is 9.47 Å². The molecule has 0 saturated carbocycles. The molecule has 2 nitrogen and oxygen atoms in total. The fourth-order valence-electron chi connectivity index (χ4n) is 1.70. The Morgan fingerprint density at radius 2 is 1.72 bits per heavy atom. The minimum atomic E-state index is 0.739. The molecule has 0 aliphatic rings. The van der Waals surface area contributed by atoms with Crippen LogP contribution >= 0.6 is 0 Å². The van der Waals surface area contributed by atoms with Crippen LogP contribution in [0.2, 0.25) is 0 Å². The van der Waals surface area contributed by atoms with Crippen LogP contribution in [-0.4, -0.2) is 13.2 Å². The maximum atomic E-state index is 5.82. The summed E-state index contributed by atoms with van der Waals surface area (Å²) in [6, 6.07) is 5.99. The maximum Gasteiger partial charge on any atom is 0.126 e. The van der Waals surface area contributed by atoms with Gasteiger partial charge in [-0.1, -0.05) is 32.4 Å². The first-order chi connectivity index (χ1) is 8.83. The van der Waals surface area contributed by atoms with Gasteiger partial charge in [0.1, 0.15) is 11.5 Å². The van der Waals surface area contributed by atoms with E-state index in [4.69, 9.17) is 9.47 Å². The molecule has 1 aromatic rings. The highest BCUT2D eigenvalue weighted by atomic mass is 16.5. The lowest BCUT2D eigenvalue weighted by Crippen LogP contribution is -2.03. The first kappa shape index (κ1) is 14.6. The molecule has 0 unspecified atom stereocenters. The number of hydrogen-bond donors (Lipinski definition) is 0. The SMILES string of the molecule is C=CCc1c(OCCC)cccc1OCCCC. The van der Waals surface area contributed by atoms with Crippen molar-refractivity contribution in [2.24, 2.45) is 0 Å². The molecule has 0 radical (unpaired) electrons. The molecule has 0 aliphatic carbocycles. The predicted octanol–water partition coefficient (Wildman–Crippen LogP) is 4.38. The van der Waals surface area contributed by atoms with Gasteiger partial charge in [-0.2, -0.15) is 0 Å². The predicted molar refractivity (Wildman–Crippen MR) is 76.5 cm³/mol. The Bertz CT molecular complexity index is 358. The highest BCUT2D eigenvalue weighted by Crippen LogP contribution is 2.29. The smallest absolute Gasteiger partial charge is 0.126 e. The van der Waals surface area contributed by atoms with Crippen molar-refractivity contribution in [2.75, 3.05) is 13.2 Å². The molecule has 18 heavy (non-hydrogen) atoms. The van der Waals surface area contributed by atoms with Gasteiger partial charge in [-0.15, -0.1) is 6.58 Å². The first-order valence-electron chi connectivity index (χ1n) is 6.81.